The molecule has 0 saturated heterocycles. The molecule has 1 amide bonds. The van der Waals surface area contributed by atoms with E-state index < -0.39 is 22.5 Å². The molecule has 3 rings (SSSR count). The van der Waals surface area contributed by atoms with Crippen LogP contribution < -0.4 is 19.6 Å². The van der Waals surface area contributed by atoms with Gasteiger partial charge in [0.1, 0.15) is 11.5 Å². The minimum absolute atomic E-state index is 0.00873. The van der Waals surface area contributed by atoms with Gasteiger partial charge in [-0.15, -0.1) is 0 Å². The Balaban J connectivity index is 1.57. The Morgan fingerprint density at radius 3 is 2.18 bits per heavy atom. The van der Waals surface area contributed by atoms with Crippen LogP contribution in [0.4, 0.5) is 14.5 Å². The van der Waals surface area contributed by atoms with Crippen LogP contribution in [-0.4, -0.2) is 33.8 Å². The molecule has 3 aromatic carbocycles. The fraction of sp³-hybridized carbons (Fsp3) is 0.130. The van der Waals surface area contributed by atoms with Crippen molar-refractivity contribution in [2.24, 2.45) is 5.10 Å². The Bertz CT molecular complexity index is 1230. The lowest BCUT2D eigenvalue weighted by molar-refractivity contribution is -0.0498. The molecule has 0 fully saturated rings. The summed E-state index contributed by atoms with van der Waals surface area (Å²) in [5.41, 5.74) is 3.42. The maximum atomic E-state index is 12.5. The summed E-state index contributed by atoms with van der Waals surface area (Å²) in [6.07, 6.45) is 1.34. The molecular formula is C23H21F2N3O5S. The average molecular weight is 490 g/mol. The van der Waals surface area contributed by atoms with Crippen molar-refractivity contribution in [3.8, 4) is 11.5 Å². The van der Waals surface area contributed by atoms with Gasteiger partial charge < -0.3 is 9.47 Å². The summed E-state index contributed by atoms with van der Waals surface area (Å²) in [4.78, 5) is 12.3. The topological polar surface area (TPSA) is 106 Å². The Morgan fingerprint density at radius 1 is 0.971 bits per heavy atom. The number of amides is 1. The highest BCUT2D eigenvalue weighted by atomic mass is 32.2. The molecule has 0 radical (unpaired) electrons. The summed E-state index contributed by atoms with van der Waals surface area (Å²) in [7, 11) is -3.81. The van der Waals surface area contributed by atoms with Gasteiger partial charge in [-0.2, -0.15) is 13.9 Å². The van der Waals surface area contributed by atoms with Crippen LogP contribution in [0.3, 0.4) is 0 Å². The van der Waals surface area contributed by atoms with E-state index in [9.17, 15) is 22.0 Å². The number of anilines is 1. The third-order valence-corrected chi connectivity index (χ3v) is 5.73. The zero-order valence-electron chi connectivity index (χ0n) is 17.9. The number of sulfonamides is 1. The lowest BCUT2D eigenvalue weighted by atomic mass is 10.2. The summed E-state index contributed by atoms with van der Waals surface area (Å²) < 4.78 is 61.4. The van der Waals surface area contributed by atoms with Gasteiger partial charge in [0.15, 0.2) is 0 Å². The third kappa shape index (κ3) is 7.01. The predicted molar refractivity (Wildman–Crippen MR) is 123 cm³/mol. The van der Waals surface area contributed by atoms with Crippen molar-refractivity contribution >= 4 is 27.8 Å². The van der Waals surface area contributed by atoms with Crippen LogP contribution in [0.25, 0.3) is 0 Å². The van der Waals surface area contributed by atoms with E-state index in [-0.39, 0.29) is 21.9 Å². The molecule has 11 heteroatoms. The van der Waals surface area contributed by atoms with Gasteiger partial charge in [0.25, 0.3) is 15.9 Å². The smallest absolute Gasteiger partial charge is 0.387 e. The molecule has 2 N–H and O–H groups in total. The highest BCUT2D eigenvalue weighted by Gasteiger charge is 2.15. The number of alkyl halides is 2. The van der Waals surface area contributed by atoms with Crippen molar-refractivity contribution in [2.45, 2.75) is 18.4 Å². The van der Waals surface area contributed by atoms with Gasteiger partial charge in [-0.1, -0.05) is 0 Å². The molecule has 0 aromatic heterocycles. The first kappa shape index (κ1) is 24.6. The molecule has 0 atom stereocenters. The lowest BCUT2D eigenvalue weighted by Crippen LogP contribution is -2.18. The van der Waals surface area contributed by atoms with Gasteiger partial charge in [0.05, 0.1) is 17.7 Å². The van der Waals surface area contributed by atoms with Crippen LogP contribution in [0.5, 0.6) is 11.5 Å². The van der Waals surface area contributed by atoms with E-state index in [4.69, 9.17) is 4.74 Å². The maximum Gasteiger partial charge on any atom is 0.387 e. The molecule has 0 aliphatic rings. The van der Waals surface area contributed by atoms with E-state index in [2.05, 4.69) is 20.0 Å². The number of carbonyl (C=O) groups excluding carboxylic acids is 1. The number of benzene rings is 3. The van der Waals surface area contributed by atoms with Crippen LogP contribution in [0.1, 0.15) is 22.8 Å². The number of hydrogen-bond acceptors (Lipinski definition) is 6. The van der Waals surface area contributed by atoms with Gasteiger partial charge in [-0.3, -0.25) is 9.52 Å². The van der Waals surface area contributed by atoms with E-state index in [0.717, 1.165) is 0 Å². The normalized spacial score (nSPS) is 11.4. The molecule has 8 nitrogen and oxygen atoms in total. The van der Waals surface area contributed by atoms with Crippen LogP contribution in [0.15, 0.2) is 82.8 Å². The number of rotatable bonds is 10. The van der Waals surface area contributed by atoms with Crippen LogP contribution in [0.2, 0.25) is 0 Å². The Labute approximate surface area is 195 Å². The first-order valence-electron chi connectivity index (χ1n) is 10.0. The summed E-state index contributed by atoms with van der Waals surface area (Å²) in [5, 5.41) is 3.82. The number of nitrogens with one attached hydrogen (secondary N) is 2. The predicted octanol–water partition coefficient (Wildman–Crippen LogP) is 4.25. The Kier molecular flexibility index (Phi) is 8.14. The SMILES string of the molecule is CCOc1ccc(S(=O)(=O)Nc2ccc(C(=O)N/N=C\c3ccc(OC(F)F)cc3)cc2)cc1. The molecule has 0 heterocycles. The molecule has 34 heavy (non-hydrogen) atoms. The number of hydrazone groups is 1. The minimum atomic E-state index is -3.81. The van der Waals surface area contributed by atoms with Crippen LogP contribution in [-0.2, 0) is 10.0 Å². The third-order valence-electron chi connectivity index (χ3n) is 4.33. The van der Waals surface area contributed by atoms with Crippen LogP contribution in [0, 0.1) is 0 Å². The van der Waals surface area contributed by atoms with E-state index in [1.54, 1.807) is 12.1 Å². The number of carbonyl (C=O) groups is 1. The second kappa shape index (κ2) is 11.2. The van der Waals surface area contributed by atoms with Crippen molar-refractivity contribution in [3.05, 3.63) is 83.9 Å². The summed E-state index contributed by atoms with van der Waals surface area (Å²) >= 11 is 0. The fourth-order valence-electron chi connectivity index (χ4n) is 2.75. The van der Waals surface area contributed by atoms with E-state index in [0.29, 0.717) is 17.9 Å². The summed E-state index contributed by atoms with van der Waals surface area (Å²) in [6, 6.07) is 17.5. The van der Waals surface area contributed by atoms with Crippen molar-refractivity contribution < 1.29 is 31.5 Å². The number of nitrogens with zero attached hydrogens (tertiary/aromatic N) is 1. The van der Waals surface area contributed by atoms with Gasteiger partial charge in [-0.05, 0) is 85.3 Å². The monoisotopic (exact) mass is 489 g/mol. The summed E-state index contributed by atoms with van der Waals surface area (Å²) in [6.45, 7) is -0.605. The quantitative estimate of drug-likeness (QED) is 0.327. The molecule has 0 bridgehead atoms. The minimum Gasteiger partial charge on any atom is -0.494 e. The molecule has 0 unspecified atom stereocenters. The van der Waals surface area contributed by atoms with Crippen molar-refractivity contribution in [3.63, 3.8) is 0 Å². The van der Waals surface area contributed by atoms with E-state index >= 15 is 0 Å². The molecule has 0 spiro atoms. The zero-order valence-corrected chi connectivity index (χ0v) is 18.8. The van der Waals surface area contributed by atoms with Crippen molar-refractivity contribution in [1.82, 2.24) is 5.43 Å². The second-order valence-electron chi connectivity index (χ2n) is 6.73. The molecule has 178 valence electrons. The van der Waals surface area contributed by atoms with E-state index in [1.165, 1.54) is 66.9 Å². The second-order valence-corrected chi connectivity index (χ2v) is 8.42. The van der Waals surface area contributed by atoms with Crippen LogP contribution >= 0.6 is 0 Å². The Morgan fingerprint density at radius 2 is 1.59 bits per heavy atom. The summed E-state index contributed by atoms with van der Waals surface area (Å²) in [5.74, 6) is 0.0569. The highest BCUT2D eigenvalue weighted by molar-refractivity contribution is 7.92. The Hall–Kier alpha value is -3.99. The molecule has 3 aromatic rings. The lowest BCUT2D eigenvalue weighted by Gasteiger charge is -2.09. The standard InChI is InChI=1S/C23H21F2N3O5S/c1-2-32-19-11-13-21(14-12-19)34(30,31)28-18-7-5-17(6-8-18)22(29)27-26-15-16-3-9-20(10-4-16)33-23(24)25/h3-15,23,28H,2H2,1H3,(H,27,29)/b26-15-. The van der Waals surface area contributed by atoms with Gasteiger partial charge in [0.2, 0.25) is 0 Å². The molecular weight excluding hydrogens is 468 g/mol. The first-order chi connectivity index (χ1) is 16.3. The van der Waals surface area contributed by atoms with Gasteiger partial charge in [-0.25, -0.2) is 13.8 Å². The highest BCUT2D eigenvalue weighted by Crippen LogP contribution is 2.20. The van der Waals surface area contributed by atoms with Crippen molar-refractivity contribution in [2.75, 3.05) is 11.3 Å². The maximum absolute atomic E-state index is 12.5. The number of ether oxygens (including phenoxy) is 2. The number of halogens is 2. The molecule has 0 saturated carbocycles. The van der Waals surface area contributed by atoms with E-state index in [1.807, 2.05) is 6.92 Å². The van der Waals surface area contributed by atoms with Gasteiger partial charge in [0, 0.05) is 11.3 Å². The van der Waals surface area contributed by atoms with Gasteiger partial charge >= 0.3 is 6.61 Å². The first-order valence-corrected chi connectivity index (χ1v) is 11.5. The fourth-order valence-corrected chi connectivity index (χ4v) is 3.81. The average Bonchev–Trinajstić information content (AvgIpc) is 2.80. The molecule has 0 aliphatic carbocycles. The zero-order chi connectivity index (χ0) is 24.6. The largest absolute Gasteiger partial charge is 0.494 e. The van der Waals surface area contributed by atoms with Crippen molar-refractivity contribution in [1.29, 1.82) is 0 Å². The molecule has 0 aliphatic heterocycles. The number of hydrogen-bond donors (Lipinski definition) is 2.